The summed E-state index contributed by atoms with van der Waals surface area (Å²) in [6.45, 7) is 0. The third kappa shape index (κ3) is 25.4. The van der Waals surface area contributed by atoms with Gasteiger partial charge in [-0.1, -0.05) is 175 Å². The third-order valence-corrected chi connectivity index (χ3v) is 21.6. The van der Waals surface area contributed by atoms with Crippen LogP contribution >= 0.6 is 114 Å². The molecule has 16 rings (SSSR count). The van der Waals surface area contributed by atoms with Crippen LogP contribution in [-0.2, 0) is 14.4 Å². The largest absolute Gasteiger partial charge is 0.504 e. The SMILES string of the molecule is COc1cccc2c(=O)c3ccc(Br)cc3oc12.COc1cccc2c1Oc1cc(Br)ccc1C2=C1CC2CCC(C1)N2C(=O)C(F)(F)F.COc1ccccc1O.COc1ccccc1Oc1cc(Br)ccc1C#N.COc1ccccc1Oc1cc(Br)ccc1C(=O)O.ClC(Cl)Cl.N#Cc1ccc(Br)cc1F.O=C1CC2CCC(C1)N2C(=O)C(F)(F)F. The summed E-state index contributed by atoms with van der Waals surface area (Å²) in [5, 5.41) is 36.6. The van der Waals surface area contributed by atoms with Crippen molar-refractivity contribution < 1.29 is 102 Å². The van der Waals surface area contributed by atoms with Gasteiger partial charge in [-0.05, 0) is 190 Å². The van der Waals surface area contributed by atoms with Crippen molar-refractivity contribution in [2.24, 2.45) is 0 Å². The number of carbonyl (C=O) groups excluding carboxylic acids is 3. The van der Waals surface area contributed by atoms with Gasteiger partial charge >= 0.3 is 30.1 Å². The number of piperidine rings is 2. The number of carboxylic acids is 1. The van der Waals surface area contributed by atoms with Gasteiger partial charge in [-0.3, -0.25) is 19.2 Å². The highest BCUT2D eigenvalue weighted by molar-refractivity contribution is 9.11. The fraction of sp³-hybridized carbons (Fsp3) is 0.225. The van der Waals surface area contributed by atoms with E-state index in [-0.39, 0.29) is 46.7 Å². The Morgan fingerprint density at radius 1 is 0.484 bits per heavy atom. The number of ketones is 1. The second-order valence-corrected chi connectivity index (χ2v) is 33.4. The van der Waals surface area contributed by atoms with Crippen molar-refractivity contribution in [3.8, 4) is 81.1 Å². The summed E-state index contributed by atoms with van der Waals surface area (Å²) in [4.78, 5) is 59.6. The lowest BCUT2D eigenvalue weighted by Gasteiger charge is -2.38. The number of fused-ring (bicyclic) bond motifs is 8. The first kappa shape index (κ1) is 97.3. The van der Waals surface area contributed by atoms with Crippen molar-refractivity contribution in [2.45, 2.75) is 92.2 Å². The lowest BCUT2D eigenvalue weighted by molar-refractivity contribution is -0.189. The molecule has 1 aromatic heterocycles. The van der Waals surface area contributed by atoms with E-state index in [0.29, 0.717) is 128 Å². The molecule has 6 heterocycles. The molecule has 4 fully saturated rings. The lowest BCUT2D eigenvalue weighted by atomic mass is 9.84. The molecular formula is C89H71Br5Cl3F7N4O16. The van der Waals surface area contributed by atoms with E-state index in [0.717, 1.165) is 50.0 Å². The predicted octanol–water partition coefficient (Wildman–Crippen LogP) is 25.0. The van der Waals surface area contributed by atoms with E-state index < -0.39 is 64.4 Å². The van der Waals surface area contributed by atoms with E-state index in [9.17, 15) is 54.7 Å². The van der Waals surface area contributed by atoms with Gasteiger partial charge < -0.3 is 62.3 Å². The fourth-order valence-electron chi connectivity index (χ4n) is 13.8. The van der Waals surface area contributed by atoms with Gasteiger partial charge in [0.15, 0.2) is 61.6 Å². The molecule has 124 heavy (non-hydrogen) atoms. The van der Waals surface area contributed by atoms with Crippen LogP contribution in [0.4, 0.5) is 30.7 Å². The summed E-state index contributed by atoms with van der Waals surface area (Å²) in [5.74, 6) is 0.989. The number of alkyl halides is 9. The molecule has 4 unspecified atom stereocenters. The molecule has 648 valence electrons. The average molecular weight is 2090 g/mol. The average Bonchev–Trinajstić information content (AvgIpc) is 1.43. The Morgan fingerprint density at radius 2 is 0.911 bits per heavy atom. The smallest absolute Gasteiger partial charge is 0.471 e. The molecule has 0 radical (unpaired) electrons. The van der Waals surface area contributed by atoms with Crippen molar-refractivity contribution in [3.05, 3.63) is 272 Å². The summed E-state index contributed by atoms with van der Waals surface area (Å²) in [7, 11) is 7.76. The zero-order valence-electron chi connectivity index (χ0n) is 65.7. The number of Topliss-reactive ketones (excluding diaryl/α,β-unsaturated/α-hetero) is 1. The fourth-order valence-corrected chi connectivity index (χ4v) is 15.5. The molecule has 2 amide bonds. The quantitative estimate of drug-likeness (QED) is 0.0732. The second-order valence-electron chi connectivity index (χ2n) is 26.9. The number of para-hydroxylation sites is 8. The van der Waals surface area contributed by atoms with Crippen LogP contribution in [0.3, 0.4) is 0 Å². The minimum atomic E-state index is -4.84. The molecule has 0 spiro atoms. The van der Waals surface area contributed by atoms with Crippen LogP contribution in [0.2, 0.25) is 0 Å². The first-order valence-electron chi connectivity index (χ1n) is 36.9. The van der Waals surface area contributed by atoms with Crippen LogP contribution in [0, 0.1) is 28.5 Å². The van der Waals surface area contributed by atoms with Crippen LogP contribution in [0.5, 0.6) is 69.0 Å². The number of nitrogens with zero attached hydrogens (tertiary/aromatic N) is 4. The number of phenolic OH excluding ortho intramolecular Hbond substituents is 1. The van der Waals surface area contributed by atoms with Gasteiger partial charge in [0.05, 0.1) is 57.4 Å². The summed E-state index contributed by atoms with van der Waals surface area (Å²) < 4.78 is 141. The van der Waals surface area contributed by atoms with Crippen LogP contribution in [-0.4, -0.2) is 120 Å². The number of halogens is 15. The topological polar surface area (TPSA) is 267 Å². The highest BCUT2D eigenvalue weighted by Crippen LogP contribution is 2.53. The number of aromatic hydroxyl groups is 1. The van der Waals surface area contributed by atoms with Gasteiger partial charge in [0.1, 0.15) is 52.1 Å². The van der Waals surface area contributed by atoms with E-state index in [1.807, 2.05) is 60.7 Å². The second kappa shape index (κ2) is 44.9. The Hall–Kier alpha value is -10.6. The summed E-state index contributed by atoms with van der Waals surface area (Å²) in [6.07, 6.45) is -6.48. The number of benzene rings is 10. The number of carboxylic acid groups (broad SMARTS) is 1. The molecule has 4 bridgehead atoms. The predicted molar refractivity (Wildman–Crippen MR) is 471 cm³/mol. The van der Waals surface area contributed by atoms with Crippen LogP contribution in [0.25, 0.3) is 27.5 Å². The number of nitriles is 2. The van der Waals surface area contributed by atoms with Crippen LogP contribution in [0.1, 0.15) is 84.0 Å². The number of amides is 2. The number of ether oxygens (including phenoxy) is 8. The summed E-state index contributed by atoms with van der Waals surface area (Å²) in [6, 6.07) is 59.5. The highest BCUT2D eigenvalue weighted by atomic mass is 79.9. The van der Waals surface area contributed by atoms with Crippen molar-refractivity contribution in [1.29, 1.82) is 10.5 Å². The number of hydrogen-bond donors (Lipinski definition) is 2. The van der Waals surface area contributed by atoms with Crippen LogP contribution in [0.15, 0.2) is 237 Å². The maximum atomic E-state index is 13.1. The van der Waals surface area contributed by atoms with E-state index in [1.165, 1.54) is 32.4 Å². The maximum Gasteiger partial charge on any atom is 0.471 e. The van der Waals surface area contributed by atoms with E-state index in [4.69, 9.17) is 97.9 Å². The molecule has 35 heteroatoms. The molecule has 5 aliphatic rings. The number of hydrogen-bond acceptors (Lipinski definition) is 17. The van der Waals surface area contributed by atoms with Gasteiger partial charge in [-0.15, -0.1) is 0 Å². The Morgan fingerprint density at radius 3 is 1.41 bits per heavy atom. The van der Waals surface area contributed by atoms with Crippen LogP contribution < -0.4 is 43.3 Å². The maximum absolute atomic E-state index is 13.1. The van der Waals surface area contributed by atoms with Crippen molar-refractivity contribution in [3.63, 3.8) is 0 Å². The van der Waals surface area contributed by atoms with Crippen molar-refractivity contribution >= 4 is 166 Å². The molecule has 5 aliphatic heterocycles. The van der Waals surface area contributed by atoms with Gasteiger partial charge in [-0.25, -0.2) is 9.18 Å². The number of rotatable bonds is 10. The molecular weight excluding hydrogens is 2020 g/mol. The molecule has 0 saturated carbocycles. The van der Waals surface area contributed by atoms with E-state index in [1.54, 1.807) is 149 Å². The van der Waals surface area contributed by atoms with E-state index in [2.05, 4.69) is 85.7 Å². The molecule has 2 N–H and O–H groups in total. The Balaban J connectivity index is 0.000000168. The zero-order valence-corrected chi connectivity index (χ0v) is 75.9. The zero-order chi connectivity index (χ0) is 90.4. The molecule has 10 aromatic carbocycles. The summed E-state index contributed by atoms with van der Waals surface area (Å²) >= 11 is 31.0. The summed E-state index contributed by atoms with van der Waals surface area (Å²) in [5.41, 5.74) is 5.41. The number of aromatic carboxylic acids is 1. The Bertz CT molecular complexity index is 5860. The third-order valence-electron chi connectivity index (χ3n) is 19.1. The van der Waals surface area contributed by atoms with Gasteiger partial charge in [0, 0.05) is 70.5 Å². The first-order valence-corrected chi connectivity index (χ1v) is 42.1. The molecule has 0 aliphatic carbocycles. The number of carbonyl (C=O) groups is 4. The van der Waals surface area contributed by atoms with Crippen molar-refractivity contribution in [2.75, 3.05) is 35.5 Å². The Labute approximate surface area is 763 Å². The molecule has 4 saturated heterocycles. The van der Waals surface area contributed by atoms with Gasteiger partial charge in [-0.2, -0.15) is 36.9 Å². The first-order chi connectivity index (χ1) is 59.0. The van der Waals surface area contributed by atoms with Crippen molar-refractivity contribution in [1.82, 2.24) is 9.80 Å². The van der Waals surface area contributed by atoms with Gasteiger partial charge in [0.25, 0.3) is 0 Å². The molecule has 4 atom stereocenters. The normalized spacial score (nSPS) is 15.4. The number of methoxy groups -OCH3 is 5. The molecule has 11 aromatic rings. The monoisotopic (exact) mass is 2080 g/mol. The standard InChI is InChI=1S/C23H19BrF3NO3.C14H10BrNO2.C14H11BrO4.C14H9BrO3.C9H10F3NO2.C7H3BrFN.C7H8O2.CHCl3/c1-30-18-4-2-3-17-20(16-8-5-13(24)11-19(16)31-21(17)18)12-9-14-6-7-15(10-12)28(14)22(29)23(25,26)27;1-17-12-4-2-3-5-13(12)18-14-8-11(15)7-6-10(14)9-16;1-18-11-4-2-3-5-12(11)19-13-8-9(15)6-7-10(13)14(16)17;1-17-11-4-2-3-10-13(16)9-6-5-8(15)7-12(9)18-14(10)11;10-9(11,12)8(15)13-5-1-2-6(13)4-7(14)3-5;8-6-2-1-5(4-10)7(9)3-6;1-9-7-5-3-2-4-6(7)8;2-1(3)4/h2-5,8,11,14-15H,6-7,9-10H2,1H3;2-8H,1H3;2-8H,1H3,(H,16,17);2-7H,1H3;5-6H,1-4H2;1-3H;2-5,8H,1H3;1H. The Kier molecular flexibility index (Phi) is 35.2. The lowest BCUT2D eigenvalue weighted by Crippen LogP contribution is -2.51. The number of phenols is 1. The minimum Gasteiger partial charge on any atom is -0.504 e. The minimum absolute atomic E-state index is 0.0336. The highest BCUT2D eigenvalue weighted by Gasteiger charge is 2.53. The van der Waals surface area contributed by atoms with E-state index >= 15 is 0 Å². The van der Waals surface area contributed by atoms with Gasteiger partial charge in [0.2, 0.25) is 5.43 Å². The molecule has 20 nitrogen and oxygen atoms in total.